The Kier molecular flexibility index (Phi) is 5.78. The van der Waals surface area contributed by atoms with E-state index in [2.05, 4.69) is 17.2 Å². The highest BCUT2D eigenvalue weighted by Crippen LogP contribution is 2.18. The number of methoxy groups -OCH3 is 1. The van der Waals surface area contributed by atoms with Gasteiger partial charge >= 0.3 is 0 Å². The molecule has 2 N–H and O–H groups in total. The lowest BCUT2D eigenvalue weighted by molar-refractivity contribution is 0.0626. The monoisotopic (exact) mass is 230 g/mol. The van der Waals surface area contributed by atoms with E-state index >= 15 is 0 Å². The molecule has 0 aliphatic carbocycles. The predicted molar refractivity (Wildman–Crippen MR) is 61.0 cm³/mol. The van der Waals surface area contributed by atoms with Crippen molar-refractivity contribution < 1.29 is 9.84 Å². The van der Waals surface area contributed by atoms with Gasteiger partial charge in [0, 0.05) is 25.2 Å². The normalized spacial score (nSPS) is 15.1. The minimum atomic E-state index is -0.455. The van der Waals surface area contributed by atoms with E-state index in [0.29, 0.717) is 13.2 Å². The lowest BCUT2D eigenvalue weighted by atomic mass is 10.2. The maximum absolute atomic E-state index is 9.49. The van der Waals surface area contributed by atoms with E-state index in [1.807, 2.05) is 5.38 Å². The fraction of sp³-hybridized carbons (Fsp3) is 0.700. The van der Waals surface area contributed by atoms with Crippen LogP contribution in [0.15, 0.2) is 11.6 Å². The Morgan fingerprint density at radius 2 is 2.47 bits per heavy atom. The Morgan fingerprint density at radius 1 is 1.67 bits per heavy atom. The van der Waals surface area contributed by atoms with Crippen molar-refractivity contribution in [1.29, 1.82) is 0 Å². The average Bonchev–Trinajstić information content (AvgIpc) is 2.72. The Bertz CT molecular complexity index is 254. The SMILES string of the molecule is CCC(NCC(O)COC)c1nccs1. The molecular weight excluding hydrogens is 212 g/mol. The highest BCUT2D eigenvalue weighted by atomic mass is 32.1. The smallest absolute Gasteiger partial charge is 0.109 e. The minimum absolute atomic E-state index is 0.233. The van der Waals surface area contributed by atoms with E-state index in [-0.39, 0.29) is 6.04 Å². The third-order valence-electron chi connectivity index (χ3n) is 2.12. The standard InChI is InChI=1S/C10H18N2O2S/c1-3-9(10-11-4-5-15-10)12-6-8(13)7-14-2/h4-5,8-9,12-13H,3,6-7H2,1-2H3. The molecule has 1 heterocycles. The van der Waals surface area contributed by atoms with Gasteiger partial charge in [0.2, 0.25) is 0 Å². The molecule has 1 rings (SSSR count). The van der Waals surface area contributed by atoms with Crippen molar-refractivity contribution in [2.24, 2.45) is 0 Å². The van der Waals surface area contributed by atoms with Gasteiger partial charge < -0.3 is 15.2 Å². The lowest BCUT2D eigenvalue weighted by Gasteiger charge is -2.17. The number of rotatable bonds is 7. The highest BCUT2D eigenvalue weighted by molar-refractivity contribution is 7.09. The number of nitrogens with one attached hydrogen (secondary N) is 1. The van der Waals surface area contributed by atoms with Crippen LogP contribution in [-0.4, -0.2) is 36.5 Å². The third-order valence-corrected chi connectivity index (χ3v) is 3.01. The zero-order valence-electron chi connectivity index (χ0n) is 9.14. The summed E-state index contributed by atoms with van der Waals surface area (Å²) < 4.78 is 4.86. The van der Waals surface area contributed by atoms with Gasteiger partial charge in [0.15, 0.2) is 0 Å². The quantitative estimate of drug-likeness (QED) is 0.739. The molecule has 0 saturated heterocycles. The van der Waals surface area contributed by atoms with Crippen molar-refractivity contribution >= 4 is 11.3 Å². The second-order valence-corrected chi connectivity index (χ2v) is 4.27. The Balaban J connectivity index is 2.35. The first kappa shape index (κ1) is 12.6. The van der Waals surface area contributed by atoms with Gasteiger partial charge in [-0.2, -0.15) is 0 Å². The fourth-order valence-electron chi connectivity index (χ4n) is 1.34. The summed E-state index contributed by atoms with van der Waals surface area (Å²) in [7, 11) is 1.58. The minimum Gasteiger partial charge on any atom is -0.389 e. The maximum atomic E-state index is 9.49. The molecule has 0 radical (unpaired) electrons. The molecule has 5 heteroatoms. The topological polar surface area (TPSA) is 54.4 Å². The maximum Gasteiger partial charge on any atom is 0.109 e. The number of ether oxygens (including phenoxy) is 1. The second-order valence-electron chi connectivity index (χ2n) is 3.35. The molecule has 0 spiro atoms. The molecule has 1 aromatic rings. The molecule has 0 saturated carbocycles. The van der Waals surface area contributed by atoms with Crippen molar-refractivity contribution in [2.45, 2.75) is 25.5 Å². The van der Waals surface area contributed by atoms with Gasteiger partial charge in [-0.3, -0.25) is 0 Å². The number of aromatic nitrogens is 1. The molecule has 0 aromatic carbocycles. The average molecular weight is 230 g/mol. The summed E-state index contributed by atoms with van der Waals surface area (Å²) in [6.45, 7) is 3.00. The van der Waals surface area contributed by atoms with E-state index in [0.717, 1.165) is 11.4 Å². The van der Waals surface area contributed by atoms with E-state index < -0.39 is 6.10 Å². The Hall–Kier alpha value is -0.490. The van der Waals surface area contributed by atoms with Crippen LogP contribution in [0.3, 0.4) is 0 Å². The van der Waals surface area contributed by atoms with Crippen molar-refractivity contribution in [3.63, 3.8) is 0 Å². The van der Waals surface area contributed by atoms with Crippen LogP contribution < -0.4 is 5.32 Å². The van der Waals surface area contributed by atoms with Gasteiger partial charge in [-0.05, 0) is 6.42 Å². The third kappa shape index (κ3) is 4.25. The second kappa shape index (κ2) is 6.90. The van der Waals surface area contributed by atoms with Gasteiger partial charge in [0.05, 0.1) is 18.8 Å². The zero-order chi connectivity index (χ0) is 11.1. The van der Waals surface area contributed by atoms with Crippen LogP contribution in [0.5, 0.6) is 0 Å². The first-order valence-corrected chi connectivity index (χ1v) is 5.95. The largest absolute Gasteiger partial charge is 0.389 e. The van der Waals surface area contributed by atoms with Crippen LogP contribution in [0, 0.1) is 0 Å². The zero-order valence-corrected chi connectivity index (χ0v) is 9.96. The van der Waals surface area contributed by atoms with Gasteiger partial charge in [-0.15, -0.1) is 11.3 Å². The molecule has 0 bridgehead atoms. The van der Waals surface area contributed by atoms with Gasteiger partial charge in [0.25, 0.3) is 0 Å². The van der Waals surface area contributed by atoms with Crippen molar-refractivity contribution in [1.82, 2.24) is 10.3 Å². The van der Waals surface area contributed by atoms with Gasteiger partial charge in [-0.25, -0.2) is 4.98 Å². The summed E-state index contributed by atoms with van der Waals surface area (Å²) >= 11 is 1.63. The highest BCUT2D eigenvalue weighted by Gasteiger charge is 2.12. The first-order valence-electron chi connectivity index (χ1n) is 5.07. The van der Waals surface area contributed by atoms with Crippen LogP contribution in [0.1, 0.15) is 24.4 Å². The van der Waals surface area contributed by atoms with Crippen LogP contribution in [-0.2, 0) is 4.74 Å². The van der Waals surface area contributed by atoms with E-state index in [1.54, 1.807) is 24.6 Å². The molecule has 15 heavy (non-hydrogen) atoms. The molecule has 0 amide bonds. The predicted octanol–water partition coefficient (Wildman–Crippen LogP) is 1.19. The number of aliphatic hydroxyl groups is 1. The number of aliphatic hydroxyl groups excluding tert-OH is 1. The summed E-state index contributed by atoms with van der Waals surface area (Å²) in [5, 5.41) is 15.8. The van der Waals surface area contributed by atoms with Crippen LogP contribution in [0.4, 0.5) is 0 Å². The van der Waals surface area contributed by atoms with Crippen LogP contribution >= 0.6 is 11.3 Å². The summed E-state index contributed by atoms with van der Waals surface area (Å²) in [5.74, 6) is 0. The summed E-state index contributed by atoms with van der Waals surface area (Å²) in [6.07, 6.45) is 2.31. The van der Waals surface area contributed by atoms with Gasteiger partial charge in [-0.1, -0.05) is 6.92 Å². The summed E-state index contributed by atoms with van der Waals surface area (Å²) in [4.78, 5) is 4.25. The van der Waals surface area contributed by atoms with Crippen LogP contribution in [0.2, 0.25) is 0 Å². The molecule has 2 unspecified atom stereocenters. The molecule has 2 atom stereocenters. The van der Waals surface area contributed by atoms with E-state index in [4.69, 9.17) is 4.74 Å². The number of hydrogen-bond acceptors (Lipinski definition) is 5. The molecule has 0 fully saturated rings. The molecule has 4 nitrogen and oxygen atoms in total. The summed E-state index contributed by atoms with van der Waals surface area (Å²) in [6, 6.07) is 0.233. The van der Waals surface area contributed by atoms with E-state index in [9.17, 15) is 5.11 Å². The van der Waals surface area contributed by atoms with Crippen LogP contribution in [0.25, 0.3) is 0 Å². The van der Waals surface area contributed by atoms with Crippen molar-refractivity contribution in [3.05, 3.63) is 16.6 Å². The number of nitrogens with zero attached hydrogens (tertiary/aromatic N) is 1. The molecular formula is C10H18N2O2S. The van der Waals surface area contributed by atoms with Gasteiger partial charge in [0.1, 0.15) is 5.01 Å². The Morgan fingerprint density at radius 3 is 3.00 bits per heavy atom. The van der Waals surface area contributed by atoms with Crippen molar-refractivity contribution in [2.75, 3.05) is 20.3 Å². The summed E-state index contributed by atoms with van der Waals surface area (Å²) in [5.41, 5.74) is 0. The van der Waals surface area contributed by atoms with Crippen molar-refractivity contribution in [3.8, 4) is 0 Å². The first-order chi connectivity index (χ1) is 7.27. The molecule has 0 aliphatic rings. The Labute approximate surface area is 94.3 Å². The number of thiazole rings is 1. The molecule has 0 aliphatic heterocycles. The molecule has 1 aromatic heterocycles. The number of hydrogen-bond donors (Lipinski definition) is 2. The lowest BCUT2D eigenvalue weighted by Crippen LogP contribution is -2.32. The van der Waals surface area contributed by atoms with E-state index in [1.165, 1.54) is 0 Å². The molecule has 86 valence electrons. The fourth-order valence-corrected chi connectivity index (χ4v) is 2.14.